The quantitative estimate of drug-likeness (QED) is 0.835. The number of aliphatic hydroxyl groups excluding tert-OH is 1. The van der Waals surface area contributed by atoms with Crippen molar-refractivity contribution in [2.45, 2.75) is 37.7 Å². The predicted octanol–water partition coefficient (Wildman–Crippen LogP) is 1.87. The highest BCUT2D eigenvalue weighted by molar-refractivity contribution is 7.84. The minimum atomic E-state index is -1.03. The van der Waals surface area contributed by atoms with Crippen molar-refractivity contribution in [3.8, 4) is 0 Å². The van der Waals surface area contributed by atoms with Crippen LogP contribution in [0.3, 0.4) is 0 Å². The molecular weight excluding hydrogens is 234 g/mol. The molecule has 1 aliphatic rings. The molecule has 4 atom stereocenters. The molecule has 0 saturated carbocycles. The molecule has 0 radical (unpaired) electrons. The molecule has 0 aliphatic carbocycles. The van der Waals surface area contributed by atoms with Gasteiger partial charge in [-0.05, 0) is 26.3 Å². The molecule has 0 aromatic heterocycles. The van der Waals surface area contributed by atoms with Gasteiger partial charge in [0.15, 0.2) is 0 Å². The molecule has 94 valence electrons. The summed E-state index contributed by atoms with van der Waals surface area (Å²) in [5, 5.41) is 10.2. The lowest BCUT2D eigenvalue weighted by Crippen LogP contribution is -2.29. The van der Waals surface area contributed by atoms with E-state index in [0.717, 1.165) is 5.56 Å². The van der Waals surface area contributed by atoms with E-state index in [2.05, 4.69) is 0 Å². The van der Waals surface area contributed by atoms with Crippen molar-refractivity contribution < 1.29 is 9.32 Å². The smallest absolute Gasteiger partial charge is 0.100 e. The summed E-state index contributed by atoms with van der Waals surface area (Å²) in [5.41, 5.74) is 0.894. The van der Waals surface area contributed by atoms with Crippen molar-refractivity contribution in [1.82, 2.24) is 4.31 Å². The average molecular weight is 253 g/mol. The third kappa shape index (κ3) is 2.76. The van der Waals surface area contributed by atoms with E-state index < -0.39 is 17.1 Å². The Hall–Kier alpha value is -0.710. The van der Waals surface area contributed by atoms with Crippen molar-refractivity contribution in [2.75, 3.05) is 6.54 Å². The van der Waals surface area contributed by atoms with Gasteiger partial charge < -0.3 is 5.11 Å². The minimum absolute atomic E-state index is 0.00235. The van der Waals surface area contributed by atoms with Crippen molar-refractivity contribution in [3.05, 3.63) is 35.9 Å². The second-order valence-electron chi connectivity index (χ2n) is 5.38. The summed E-state index contributed by atoms with van der Waals surface area (Å²) in [6.45, 7) is 6.56. The average Bonchev–Trinajstić information content (AvgIpc) is 3.07. The summed E-state index contributed by atoms with van der Waals surface area (Å²) < 4.78 is 13.7. The highest BCUT2D eigenvalue weighted by Gasteiger charge is 2.47. The van der Waals surface area contributed by atoms with Gasteiger partial charge in [0.05, 0.1) is 16.9 Å². The first-order valence-electron chi connectivity index (χ1n) is 5.83. The molecule has 0 amide bonds. The third-order valence-corrected chi connectivity index (χ3v) is 4.74. The fraction of sp³-hybridized carbons (Fsp3) is 0.538. The number of aliphatic hydroxyl groups is 1. The van der Waals surface area contributed by atoms with Crippen LogP contribution >= 0.6 is 0 Å². The van der Waals surface area contributed by atoms with Crippen LogP contribution in [0.4, 0.5) is 0 Å². The Labute approximate surface area is 105 Å². The molecule has 1 heterocycles. The lowest BCUT2D eigenvalue weighted by molar-refractivity contribution is 0.168. The monoisotopic (exact) mass is 253 g/mol. The molecule has 1 aromatic carbocycles. The molecular formula is C13H19NO2S. The Bertz CT molecular complexity index is 413. The van der Waals surface area contributed by atoms with Gasteiger partial charge in [0.2, 0.25) is 0 Å². The van der Waals surface area contributed by atoms with Gasteiger partial charge >= 0.3 is 0 Å². The molecule has 2 rings (SSSR count). The van der Waals surface area contributed by atoms with E-state index in [1.165, 1.54) is 0 Å². The van der Waals surface area contributed by atoms with Crippen LogP contribution in [0.2, 0.25) is 0 Å². The normalized spacial score (nSPS) is 27.5. The molecule has 17 heavy (non-hydrogen) atoms. The molecule has 1 N–H and O–H groups in total. The van der Waals surface area contributed by atoms with Crippen LogP contribution in [0.25, 0.3) is 0 Å². The maximum Gasteiger partial charge on any atom is 0.100 e. The topological polar surface area (TPSA) is 40.3 Å². The SMILES string of the molecule is CC(C)(C)S(=O)N1C[C@@H]1C(O)c1ccccc1. The van der Waals surface area contributed by atoms with Crippen LogP contribution < -0.4 is 0 Å². The molecule has 3 unspecified atom stereocenters. The first-order chi connectivity index (χ1) is 7.91. The van der Waals surface area contributed by atoms with Crippen LogP contribution in [0.5, 0.6) is 0 Å². The maximum atomic E-state index is 12.1. The summed E-state index contributed by atoms with van der Waals surface area (Å²) in [7, 11) is -1.03. The summed E-state index contributed by atoms with van der Waals surface area (Å²) in [6.07, 6.45) is -0.539. The second kappa shape index (κ2) is 4.52. The zero-order chi connectivity index (χ0) is 12.6. The van der Waals surface area contributed by atoms with Crippen LogP contribution in [-0.2, 0) is 11.0 Å². The molecule has 3 nitrogen and oxygen atoms in total. The van der Waals surface area contributed by atoms with Gasteiger partial charge in [0.25, 0.3) is 0 Å². The van der Waals surface area contributed by atoms with E-state index in [1.54, 1.807) is 0 Å². The number of hydrogen-bond donors (Lipinski definition) is 1. The first-order valence-corrected chi connectivity index (χ1v) is 6.93. The summed E-state index contributed by atoms with van der Waals surface area (Å²) in [5.74, 6) is 0. The molecule has 0 spiro atoms. The highest BCUT2D eigenvalue weighted by atomic mass is 32.2. The molecule has 0 bridgehead atoms. The van der Waals surface area contributed by atoms with Crippen molar-refractivity contribution >= 4 is 11.0 Å². The Morgan fingerprint density at radius 2 is 1.94 bits per heavy atom. The first kappa shape index (κ1) is 12.7. The predicted molar refractivity (Wildman–Crippen MR) is 69.8 cm³/mol. The fourth-order valence-electron chi connectivity index (χ4n) is 1.81. The lowest BCUT2D eigenvalue weighted by Gasteiger charge is -2.19. The number of benzene rings is 1. The van der Waals surface area contributed by atoms with Crippen LogP contribution in [0.1, 0.15) is 32.4 Å². The van der Waals surface area contributed by atoms with E-state index in [1.807, 2.05) is 55.4 Å². The molecule has 1 fully saturated rings. The van der Waals surface area contributed by atoms with Gasteiger partial charge in [-0.1, -0.05) is 30.3 Å². The number of rotatable bonds is 3. The Morgan fingerprint density at radius 3 is 2.47 bits per heavy atom. The van der Waals surface area contributed by atoms with Gasteiger partial charge in [0.1, 0.15) is 11.0 Å². The second-order valence-corrected chi connectivity index (χ2v) is 7.58. The fourth-order valence-corrected chi connectivity index (χ4v) is 3.16. The van der Waals surface area contributed by atoms with E-state index in [9.17, 15) is 9.32 Å². The summed E-state index contributed by atoms with van der Waals surface area (Å²) >= 11 is 0. The Morgan fingerprint density at radius 1 is 1.35 bits per heavy atom. The number of hydrogen-bond acceptors (Lipinski definition) is 2. The Balaban J connectivity index is 2.02. The largest absolute Gasteiger partial charge is 0.387 e. The minimum Gasteiger partial charge on any atom is -0.387 e. The zero-order valence-electron chi connectivity index (χ0n) is 10.5. The summed E-state index contributed by atoms with van der Waals surface area (Å²) in [4.78, 5) is 0. The van der Waals surface area contributed by atoms with Gasteiger partial charge in [-0.15, -0.1) is 0 Å². The third-order valence-electron chi connectivity index (χ3n) is 2.85. The van der Waals surface area contributed by atoms with Gasteiger partial charge in [-0.3, -0.25) is 0 Å². The van der Waals surface area contributed by atoms with E-state index in [-0.39, 0.29) is 10.8 Å². The maximum absolute atomic E-state index is 12.1. The molecule has 1 aromatic rings. The lowest BCUT2D eigenvalue weighted by atomic mass is 10.1. The summed E-state index contributed by atoms with van der Waals surface area (Å²) in [6, 6.07) is 9.55. The molecule has 1 aliphatic heterocycles. The van der Waals surface area contributed by atoms with E-state index in [4.69, 9.17) is 0 Å². The molecule has 1 saturated heterocycles. The standard InChI is InChI=1S/C13H19NO2S/c1-13(2,3)17(16)14-9-11(14)12(15)10-7-5-4-6-8-10/h4-8,11-12,15H,9H2,1-3H3/t11-,12?,14?,17?/m1/s1. The van der Waals surface area contributed by atoms with Crippen molar-refractivity contribution in [2.24, 2.45) is 0 Å². The van der Waals surface area contributed by atoms with Gasteiger partial charge in [-0.25, -0.2) is 8.51 Å². The van der Waals surface area contributed by atoms with Crippen molar-refractivity contribution in [1.29, 1.82) is 0 Å². The van der Waals surface area contributed by atoms with Crippen LogP contribution in [0, 0.1) is 0 Å². The highest BCUT2D eigenvalue weighted by Crippen LogP contribution is 2.35. The zero-order valence-corrected chi connectivity index (χ0v) is 11.3. The van der Waals surface area contributed by atoms with E-state index in [0.29, 0.717) is 6.54 Å². The van der Waals surface area contributed by atoms with E-state index >= 15 is 0 Å². The van der Waals surface area contributed by atoms with Gasteiger partial charge in [0, 0.05) is 6.54 Å². The Kier molecular flexibility index (Phi) is 3.39. The number of nitrogens with zero attached hydrogens (tertiary/aromatic N) is 1. The van der Waals surface area contributed by atoms with Crippen LogP contribution in [0.15, 0.2) is 30.3 Å². The van der Waals surface area contributed by atoms with Crippen LogP contribution in [-0.4, -0.2) is 31.0 Å². The molecule has 4 heteroatoms. The van der Waals surface area contributed by atoms with Gasteiger partial charge in [-0.2, -0.15) is 0 Å². The van der Waals surface area contributed by atoms with Crippen molar-refractivity contribution in [3.63, 3.8) is 0 Å².